The number of rotatable bonds is 4. The van der Waals surface area contributed by atoms with Gasteiger partial charge < -0.3 is 15.4 Å². The summed E-state index contributed by atoms with van der Waals surface area (Å²) in [5.41, 5.74) is -0.954. The summed E-state index contributed by atoms with van der Waals surface area (Å²) in [5, 5.41) is 5.92. The van der Waals surface area contributed by atoms with Crippen molar-refractivity contribution in [2.24, 2.45) is 0 Å². The molecule has 0 spiro atoms. The van der Waals surface area contributed by atoms with Crippen molar-refractivity contribution in [2.75, 3.05) is 13.7 Å². The van der Waals surface area contributed by atoms with Crippen LogP contribution in [0, 0.1) is 0 Å². The second kappa shape index (κ2) is 5.30. The van der Waals surface area contributed by atoms with Crippen LogP contribution in [0.25, 0.3) is 0 Å². The van der Waals surface area contributed by atoms with Crippen molar-refractivity contribution in [1.82, 2.24) is 10.6 Å². The average molecular weight is 228 g/mol. The van der Waals surface area contributed by atoms with Crippen LogP contribution in [0.5, 0.6) is 0 Å². The van der Waals surface area contributed by atoms with E-state index < -0.39 is 11.5 Å². The molecular weight excluding hydrogens is 208 g/mol. The van der Waals surface area contributed by atoms with E-state index in [4.69, 9.17) is 0 Å². The van der Waals surface area contributed by atoms with E-state index in [0.29, 0.717) is 6.42 Å². The summed E-state index contributed by atoms with van der Waals surface area (Å²) >= 11 is 0. The van der Waals surface area contributed by atoms with Gasteiger partial charge in [-0.1, -0.05) is 0 Å². The van der Waals surface area contributed by atoms with Gasteiger partial charge in [-0.15, -0.1) is 0 Å². The van der Waals surface area contributed by atoms with Gasteiger partial charge in [0.1, 0.15) is 5.54 Å². The fraction of sp³-hybridized carbons (Fsp3) is 0.818. The van der Waals surface area contributed by atoms with E-state index in [0.717, 1.165) is 19.4 Å². The lowest BCUT2D eigenvalue weighted by Crippen LogP contribution is -2.51. The first kappa shape index (κ1) is 13.0. The van der Waals surface area contributed by atoms with E-state index in [1.54, 1.807) is 13.8 Å². The van der Waals surface area contributed by atoms with Crippen molar-refractivity contribution in [1.29, 1.82) is 0 Å². The predicted molar refractivity (Wildman–Crippen MR) is 59.9 cm³/mol. The molecule has 2 N–H and O–H groups in total. The minimum atomic E-state index is -0.954. The Labute approximate surface area is 95.9 Å². The highest BCUT2D eigenvalue weighted by atomic mass is 16.5. The molecule has 1 rings (SSSR count). The summed E-state index contributed by atoms with van der Waals surface area (Å²) in [6.07, 6.45) is 2.55. The Morgan fingerprint density at radius 1 is 1.50 bits per heavy atom. The van der Waals surface area contributed by atoms with Crippen LogP contribution in [0.15, 0.2) is 0 Å². The Kier molecular flexibility index (Phi) is 4.29. The summed E-state index contributed by atoms with van der Waals surface area (Å²) in [6, 6.07) is 0.244. The number of nitrogens with one attached hydrogen (secondary N) is 2. The molecule has 0 aromatic carbocycles. The van der Waals surface area contributed by atoms with Gasteiger partial charge in [0.2, 0.25) is 5.91 Å². The highest BCUT2D eigenvalue weighted by Gasteiger charge is 2.31. The topological polar surface area (TPSA) is 67.4 Å². The largest absolute Gasteiger partial charge is 0.467 e. The minimum Gasteiger partial charge on any atom is -0.467 e. The van der Waals surface area contributed by atoms with Gasteiger partial charge in [0, 0.05) is 12.5 Å². The molecule has 1 atom stereocenters. The van der Waals surface area contributed by atoms with Gasteiger partial charge in [-0.05, 0) is 33.2 Å². The van der Waals surface area contributed by atoms with Crippen molar-refractivity contribution in [3.63, 3.8) is 0 Å². The molecule has 1 aliphatic heterocycles. The summed E-state index contributed by atoms with van der Waals surface area (Å²) < 4.78 is 4.62. The van der Waals surface area contributed by atoms with Crippen LogP contribution in [0.3, 0.4) is 0 Å². The highest BCUT2D eigenvalue weighted by molar-refractivity contribution is 5.87. The number of carbonyl (C=O) groups is 2. The maximum absolute atomic E-state index is 11.7. The van der Waals surface area contributed by atoms with Gasteiger partial charge in [-0.3, -0.25) is 4.79 Å². The second-order valence-electron chi connectivity index (χ2n) is 4.66. The molecule has 0 aromatic heterocycles. The molecule has 1 aliphatic rings. The first-order chi connectivity index (χ1) is 7.45. The summed E-state index contributed by atoms with van der Waals surface area (Å²) in [4.78, 5) is 23.0. The van der Waals surface area contributed by atoms with Crippen molar-refractivity contribution < 1.29 is 14.3 Å². The molecule has 1 saturated heterocycles. The lowest BCUT2D eigenvalue weighted by atomic mass is 10.0. The maximum Gasteiger partial charge on any atom is 0.330 e. The van der Waals surface area contributed by atoms with Crippen LogP contribution >= 0.6 is 0 Å². The number of ether oxygens (including phenoxy) is 1. The zero-order valence-electron chi connectivity index (χ0n) is 10.1. The highest BCUT2D eigenvalue weighted by Crippen LogP contribution is 2.10. The number of methoxy groups -OCH3 is 1. The van der Waals surface area contributed by atoms with Gasteiger partial charge in [-0.2, -0.15) is 0 Å². The van der Waals surface area contributed by atoms with E-state index in [-0.39, 0.29) is 11.9 Å². The molecule has 0 aliphatic carbocycles. The number of hydrogen-bond donors (Lipinski definition) is 2. The fourth-order valence-corrected chi connectivity index (χ4v) is 1.86. The van der Waals surface area contributed by atoms with Crippen molar-refractivity contribution >= 4 is 11.9 Å². The van der Waals surface area contributed by atoms with E-state index in [2.05, 4.69) is 15.4 Å². The Bertz CT molecular complexity index is 270. The SMILES string of the molecule is COC(=O)C(C)(C)NC(=O)CC1CCCN1. The molecule has 5 heteroatoms. The minimum absolute atomic E-state index is 0.116. The standard InChI is InChI=1S/C11H20N2O3/c1-11(2,10(15)16-3)13-9(14)7-8-5-4-6-12-8/h8,12H,4-7H2,1-3H3,(H,13,14). The van der Waals surface area contributed by atoms with Crippen LogP contribution in [-0.2, 0) is 14.3 Å². The Morgan fingerprint density at radius 2 is 2.19 bits per heavy atom. The molecule has 0 bridgehead atoms. The molecule has 0 radical (unpaired) electrons. The van der Waals surface area contributed by atoms with Gasteiger partial charge in [0.25, 0.3) is 0 Å². The zero-order valence-corrected chi connectivity index (χ0v) is 10.1. The van der Waals surface area contributed by atoms with Gasteiger partial charge in [0.15, 0.2) is 0 Å². The van der Waals surface area contributed by atoms with E-state index in [1.165, 1.54) is 7.11 Å². The normalized spacial score (nSPS) is 20.6. The van der Waals surface area contributed by atoms with Crippen LogP contribution in [0.1, 0.15) is 33.1 Å². The summed E-state index contributed by atoms with van der Waals surface area (Å²) in [6.45, 7) is 4.25. The number of carbonyl (C=O) groups excluding carboxylic acids is 2. The molecular formula is C11H20N2O3. The van der Waals surface area contributed by atoms with E-state index >= 15 is 0 Å². The van der Waals surface area contributed by atoms with Crippen molar-refractivity contribution in [3.05, 3.63) is 0 Å². The van der Waals surface area contributed by atoms with Crippen LogP contribution in [0.2, 0.25) is 0 Å². The van der Waals surface area contributed by atoms with E-state index in [9.17, 15) is 9.59 Å². The summed E-state index contributed by atoms with van der Waals surface area (Å²) in [5.74, 6) is -0.546. The van der Waals surface area contributed by atoms with Crippen molar-refractivity contribution in [2.45, 2.75) is 44.7 Å². The lowest BCUT2D eigenvalue weighted by molar-refractivity contribution is -0.149. The average Bonchev–Trinajstić information content (AvgIpc) is 2.67. The Balaban J connectivity index is 2.40. The molecule has 1 amide bonds. The predicted octanol–water partition coefficient (Wildman–Crippen LogP) is 0.196. The summed E-state index contributed by atoms with van der Waals surface area (Å²) in [7, 11) is 1.31. The molecule has 92 valence electrons. The number of esters is 1. The number of hydrogen-bond acceptors (Lipinski definition) is 4. The molecule has 16 heavy (non-hydrogen) atoms. The van der Waals surface area contributed by atoms with Gasteiger partial charge in [0.05, 0.1) is 7.11 Å². The van der Waals surface area contributed by atoms with Gasteiger partial charge in [-0.25, -0.2) is 4.79 Å². The smallest absolute Gasteiger partial charge is 0.330 e. The first-order valence-corrected chi connectivity index (χ1v) is 5.58. The Hall–Kier alpha value is -1.10. The molecule has 0 saturated carbocycles. The lowest BCUT2D eigenvalue weighted by Gasteiger charge is -2.23. The van der Waals surface area contributed by atoms with Crippen LogP contribution < -0.4 is 10.6 Å². The fourth-order valence-electron chi connectivity index (χ4n) is 1.86. The third-order valence-electron chi connectivity index (χ3n) is 2.74. The monoisotopic (exact) mass is 228 g/mol. The third kappa shape index (κ3) is 3.48. The molecule has 0 aromatic rings. The maximum atomic E-state index is 11.7. The van der Waals surface area contributed by atoms with Crippen LogP contribution in [0.4, 0.5) is 0 Å². The zero-order chi connectivity index (χ0) is 12.2. The molecule has 1 heterocycles. The Morgan fingerprint density at radius 3 is 2.69 bits per heavy atom. The second-order valence-corrected chi connectivity index (χ2v) is 4.66. The molecule has 1 unspecified atom stereocenters. The number of amides is 1. The van der Waals surface area contributed by atoms with E-state index in [1.807, 2.05) is 0 Å². The quantitative estimate of drug-likeness (QED) is 0.674. The third-order valence-corrected chi connectivity index (χ3v) is 2.74. The van der Waals surface area contributed by atoms with Crippen molar-refractivity contribution in [3.8, 4) is 0 Å². The molecule has 5 nitrogen and oxygen atoms in total. The van der Waals surface area contributed by atoms with Crippen LogP contribution in [-0.4, -0.2) is 37.1 Å². The molecule has 1 fully saturated rings. The van der Waals surface area contributed by atoms with Gasteiger partial charge >= 0.3 is 5.97 Å². The first-order valence-electron chi connectivity index (χ1n) is 5.58.